The minimum Gasteiger partial charge on any atom is -0.489 e. The van der Waals surface area contributed by atoms with Gasteiger partial charge in [-0.25, -0.2) is 4.98 Å². The molecule has 1 N–H and O–H groups in total. The molecule has 1 aromatic heterocycles. The Morgan fingerprint density at radius 1 is 1.27 bits per heavy atom. The van der Waals surface area contributed by atoms with E-state index in [4.69, 9.17) is 16.3 Å². The van der Waals surface area contributed by atoms with E-state index >= 15 is 0 Å². The molecule has 0 unspecified atom stereocenters. The van der Waals surface area contributed by atoms with Crippen molar-refractivity contribution in [3.05, 3.63) is 75.0 Å². The molecule has 0 saturated heterocycles. The number of nitrogens with one attached hydrogen (secondary N) is 1. The van der Waals surface area contributed by atoms with Crippen molar-refractivity contribution < 1.29 is 4.74 Å². The molecule has 0 aliphatic heterocycles. The molecule has 7 heteroatoms. The van der Waals surface area contributed by atoms with Crippen molar-refractivity contribution in [1.82, 2.24) is 9.97 Å². The Morgan fingerprint density at radius 2 is 2.04 bits per heavy atom. The lowest BCUT2D eigenvalue weighted by Gasteiger charge is -2.09. The molecule has 130 valence electrons. The molecule has 0 spiro atoms. The van der Waals surface area contributed by atoms with Crippen LogP contribution >= 0.6 is 23.4 Å². The number of thioether (sulfide) groups is 1. The van der Waals surface area contributed by atoms with Crippen LogP contribution in [0.4, 0.5) is 0 Å². The van der Waals surface area contributed by atoms with Crippen molar-refractivity contribution in [2.75, 3.05) is 6.26 Å². The van der Waals surface area contributed by atoms with Gasteiger partial charge in [-0.15, -0.1) is 0 Å². The van der Waals surface area contributed by atoms with Crippen LogP contribution in [0.3, 0.4) is 0 Å². The van der Waals surface area contributed by atoms with Crippen molar-refractivity contribution in [3.8, 4) is 23.1 Å². The fourth-order valence-electron chi connectivity index (χ4n) is 2.36. The van der Waals surface area contributed by atoms with E-state index < -0.39 is 5.56 Å². The smallest absolute Gasteiger partial charge is 0.270 e. The predicted octanol–water partition coefficient (Wildman–Crippen LogP) is 4.26. The molecule has 2 aromatic carbocycles. The SMILES string of the molecule is CSc1nc(-c2ccc(OCc3cccc(Cl)c3)cc2)c(C#N)c(=O)[nH]1. The summed E-state index contributed by atoms with van der Waals surface area (Å²) in [5.41, 5.74) is 1.56. The Hall–Kier alpha value is -2.75. The maximum atomic E-state index is 12.0. The maximum absolute atomic E-state index is 12.0. The minimum absolute atomic E-state index is 0.00426. The molecule has 0 saturated carbocycles. The summed E-state index contributed by atoms with van der Waals surface area (Å²) in [5.74, 6) is 0.669. The topological polar surface area (TPSA) is 78.8 Å². The first-order chi connectivity index (χ1) is 12.6. The van der Waals surface area contributed by atoms with Crippen molar-refractivity contribution in [1.29, 1.82) is 5.26 Å². The van der Waals surface area contributed by atoms with Gasteiger partial charge in [-0.3, -0.25) is 4.79 Å². The first-order valence-electron chi connectivity index (χ1n) is 7.67. The van der Waals surface area contributed by atoms with Gasteiger partial charge in [0.1, 0.15) is 24.0 Å². The Kier molecular flexibility index (Phi) is 5.61. The first kappa shape index (κ1) is 18.1. The second-order valence-corrected chi connectivity index (χ2v) is 6.58. The number of hydrogen-bond donors (Lipinski definition) is 1. The largest absolute Gasteiger partial charge is 0.489 e. The lowest BCUT2D eigenvalue weighted by atomic mass is 10.1. The van der Waals surface area contributed by atoms with Crippen LogP contribution < -0.4 is 10.3 Å². The highest BCUT2D eigenvalue weighted by Crippen LogP contribution is 2.24. The lowest BCUT2D eigenvalue weighted by molar-refractivity contribution is 0.306. The molecule has 5 nitrogen and oxygen atoms in total. The van der Waals surface area contributed by atoms with Gasteiger partial charge in [-0.1, -0.05) is 35.5 Å². The molecule has 0 radical (unpaired) electrons. The summed E-state index contributed by atoms with van der Waals surface area (Å²) in [4.78, 5) is 18.9. The summed E-state index contributed by atoms with van der Waals surface area (Å²) in [6.45, 7) is 0.392. The average molecular weight is 384 g/mol. The quantitative estimate of drug-likeness (QED) is 0.526. The molecule has 3 aromatic rings. The average Bonchev–Trinajstić information content (AvgIpc) is 2.66. The van der Waals surface area contributed by atoms with Crippen LogP contribution in [0.25, 0.3) is 11.3 Å². The fourth-order valence-corrected chi connectivity index (χ4v) is 2.95. The van der Waals surface area contributed by atoms with E-state index in [-0.39, 0.29) is 5.56 Å². The second-order valence-electron chi connectivity index (χ2n) is 5.35. The number of ether oxygens (including phenoxy) is 1. The van der Waals surface area contributed by atoms with Crippen LogP contribution in [0.5, 0.6) is 5.75 Å². The molecule has 0 aliphatic carbocycles. The minimum atomic E-state index is -0.442. The third-order valence-electron chi connectivity index (χ3n) is 3.63. The van der Waals surface area contributed by atoms with Gasteiger partial charge < -0.3 is 9.72 Å². The normalized spacial score (nSPS) is 10.3. The molecule has 0 amide bonds. The first-order valence-corrected chi connectivity index (χ1v) is 9.27. The van der Waals surface area contributed by atoms with E-state index in [1.165, 1.54) is 11.8 Å². The summed E-state index contributed by atoms with van der Waals surface area (Å²) in [7, 11) is 0. The monoisotopic (exact) mass is 383 g/mol. The highest BCUT2D eigenvalue weighted by Gasteiger charge is 2.13. The number of nitriles is 1. The molecule has 3 rings (SSSR count). The van der Waals surface area contributed by atoms with Crippen LogP contribution in [-0.4, -0.2) is 16.2 Å². The highest BCUT2D eigenvalue weighted by atomic mass is 35.5. The van der Waals surface area contributed by atoms with Gasteiger partial charge in [-0.2, -0.15) is 5.26 Å². The van der Waals surface area contributed by atoms with Gasteiger partial charge in [0.15, 0.2) is 5.16 Å². The van der Waals surface area contributed by atoms with Crippen LogP contribution in [0.2, 0.25) is 5.02 Å². The zero-order valence-corrected chi connectivity index (χ0v) is 15.4. The Balaban J connectivity index is 1.83. The molecular formula is C19H14ClN3O2S. The number of aromatic amines is 1. The number of benzene rings is 2. The van der Waals surface area contributed by atoms with E-state index in [0.29, 0.717) is 33.8 Å². The fraction of sp³-hybridized carbons (Fsp3) is 0.105. The number of aromatic nitrogens is 2. The van der Waals surface area contributed by atoms with E-state index in [9.17, 15) is 10.1 Å². The molecule has 0 atom stereocenters. The number of H-pyrrole nitrogens is 1. The highest BCUT2D eigenvalue weighted by molar-refractivity contribution is 7.98. The van der Waals surface area contributed by atoms with Crippen molar-refractivity contribution in [2.24, 2.45) is 0 Å². The Morgan fingerprint density at radius 3 is 2.69 bits per heavy atom. The van der Waals surface area contributed by atoms with Crippen molar-refractivity contribution >= 4 is 23.4 Å². The van der Waals surface area contributed by atoms with Gasteiger partial charge in [-0.05, 0) is 48.2 Å². The summed E-state index contributed by atoms with van der Waals surface area (Å²) < 4.78 is 5.75. The van der Waals surface area contributed by atoms with Gasteiger partial charge in [0.2, 0.25) is 0 Å². The van der Waals surface area contributed by atoms with Crippen molar-refractivity contribution in [2.45, 2.75) is 11.8 Å². The van der Waals surface area contributed by atoms with Gasteiger partial charge in [0.25, 0.3) is 5.56 Å². The molecular weight excluding hydrogens is 370 g/mol. The van der Waals surface area contributed by atoms with E-state index in [1.54, 1.807) is 30.5 Å². The summed E-state index contributed by atoms with van der Waals surface area (Å²) in [5, 5.41) is 10.4. The van der Waals surface area contributed by atoms with Gasteiger partial charge >= 0.3 is 0 Å². The van der Waals surface area contributed by atoms with Crippen LogP contribution in [0.15, 0.2) is 58.5 Å². The third kappa shape index (κ3) is 4.07. The van der Waals surface area contributed by atoms with Crippen LogP contribution in [-0.2, 0) is 6.61 Å². The Labute approximate surface area is 159 Å². The predicted molar refractivity (Wildman–Crippen MR) is 103 cm³/mol. The van der Waals surface area contributed by atoms with Crippen LogP contribution in [0.1, 0.15) is 11.1 Å². The third-order valence-corrected chi connectivity index (χ3v) is 4.44. The molecule has 0 fully saturated rings. The summed E-state index contributed by atoms with van der Waals surface area (Å²) in [6.07, 6.45) is 1.81. The zero-order valence-electron chi connectivity index (χ0n) is 13.8. The molecule has 26 heavy (non-hydrogen) atoms. The van der Waals surface area contributed by atoms with Gasteiger partial charge in [0.05, 0.1) is 5.69 Å². The van der Waals surface area contributed by atoms with Gasteiger partial charge in [0, 0.05) is 10.6 Å². The van der Waals surface area contributed by atoms with Crippen molar-refractivity contribution in [3.63, 3.8) is 0 Å². The number of halogens is 1. The molecule has 0 bridgehead atoms. The number of rotatable bonds is 5. The summed E-state index contributed by atoms with van der Waals surface area (Å²) in [6, 6.07) is 16.5. The lowest BCUT2D eigenvalue weighted by Crippen LogP contribution is -2.14. The van der Waals surface area contributed by atoms with Crippen LogP contribution in [0, 0.1) is 11.3 Å². The maximum Gasteiger partial charge on any atom is 0.270 e. The second kappa shape index (κ2) is 8.09. The van der Waals surface area contributed by atoms with E-state index in [2.05, 4.69) is 9.97 Å². The van der Waals surface area contributed by atoms with E-state index in [0.717, 1.165) is 5.56 Å². The standard InChI is InChI=1S/C19H14ClN3O2S/c1-26-19-22-17(16(10-21)18(24)23-19)13-5-7-15(8-6-13)25-11-12-3-2-4-14(20)9-12/h2-9H,11H2,1H3,(H,22,23,24). The Bertz CT molecular complexity index is 1030. The summed E-state index contributed by atoms with van der Waals surface area (Å²) >= 11 is 7.27. The zero-order chi connectivity index (χ0) is 18.5. The number of hydrogen-bond acceptors (Lipinski definition) is 5. The molecule has 0 aliphatic rings. The van der Waals surface area contributed by atoms with E-state index in [1.807, 2.05) is 30.3 Å². The number of nitrogens with zero attached hydrogens (tertiary/aromatic N) is 2. The molecule has 1 heterocycles.